The van der Waals surface area contributed by atoms with Gasteiger partial charge in [0.05, 0.1) is 12.1 Å². The van der Waals surface area contributed by atoms with E-state index in [0.717, 1.165) is 0 Å². The van der Waals surface area contributed by atoms with Crippen LogP contribution in [0.25, 0.3) is 0 Å². The first-order valence-electron chi connectivity index (χ1n) is 5.89. The maximum atomic E-state index is 11.9. The molecule has 1 aliphatic heterocycles. The van der Waals surface area contributed by atoms with E-state index in [-0.39, 0.29) is 30.1 Å². The summed E-state index contributed by atoms with van der Waals surface area (Å²) >= 11 is 0. The Hall–Kier alpha value is -1.43. The highest BCUT2D eigenvalue weighted by Gasteiger charge is 2.27. The zero-order valence-electron chi connectivity index (χ0n) is 10.6. The topological polar surface area (TPSA) is 78.4 Å². The first kappa shape index (κ1) is 15.6. The lowest BCUT2D eigenvalue weighted by atomic mass is 10.1. The van der Waals surface area contributed by atoms with Gasteiger partial charge in [0.15, 0.2) is 5.78 Å². The Kier molecular flexibility index (Phi) is 5.47. The van der Waals surface area contributed by atoms with Crippen LogP contribution in [0, 0.1) is 0 Å². The highest BCUT2D eigenvalue weighted by atomic mass is 35.5. The molecule has 1 heterocycles. The molecule has 2 atom stereocenters. The second-order valence-electron chi connectivity index (χ2n) is 4.48. The number of hydrogen-bond acceptors (Lipinski definition) is 4. The number of aliphatic hydroxyl groups excluding tert-OH is 1. The summed E-state index contributed by atoms with van der Waals surface area (Å²) < 4.78 is 0. The summed E-state index contributed by atoms with van der Waals surface area (Å²) in [7, 11) is 0. The summed E-state index contributed by atoms with van der Waals surface area (Å²) in [4.78, 5) is 23.1. The molecule has 1 aromatic carbocycles. The Morgan fingerprint density at radius 3 is 2.74 bits per heavy atom. The van der Waals surface area contributed by atoms with E-state index in [4.69, 9.17) is 0 Å². The van der Waals surface area contributed by atoms with Crippen molar-refractivity contribution >= 4 is 29.8 Å². The Morgan fingerprint density at radius 1 is 1.42 bits per heavy atom. The second kappa shape index (κ2) is 6.65. The number of β-amino-alcohol motifs (C(OH)–C–C–N with tert-alkyl or cyclic N) is 1. The number of amides is 1. The van der Waals surface area contributed by atoms with Gasteiger partial charge in [0.2, 0.25) is 5.91 Å². The van der Waals surface area contributed by atoms with Crippen LogP contribution in [0.4, 0.5) is 5.69 Å². The lowest BCUT2D eigenvalue weighted by Crippen LogP contribution is -2.35. The Balaban J connectivity index is 0.00000180. The summed E-state index contributed by atoms with van der Waals surface area (Å²) in [6, 6.07) is 6.43. The molecule has 0 radical (unpaired) electrons. The van der Waals surface area contributed by atoms with Crippen LogP contribution >= 0.6 is 12.4 Å². The summed E-state index contributed by atoms with van der Waals surface area (Å²) in [5.74, 6) is -0.229. The largest absolute Gasteiger partial charge is 0.392 e. The van der Waals surface area contributed by atoms with E-state index in [2.05, 4.69) is 10.6 Å². The minimum Gasteiger partial charge on any atom is -0.392 e. The molecule has 19 heavy (non-hydrogen) atoms. The van der Waals surface area contributed by atoms with Gasteiger partial charge in [-0.25, -0.2) is 0 Å². The molecule has 2 rings (SSSR count). The number of Topliss-reactive ketones (excluding diaryl/α,β-unsaturated/α-hetero) is 1. The van der Waals surface area contributed by atoms with Gasteiger partial charge in [-0.05, 0) is 25.5 Å². The molecular weight excluding hydrogens is 268 g/mol. The summed E-state index contributed by atoms with van der Waals surface area (Å²) in [6.45, 7) is 1.92. The molecule has 1 amide bonds. The van der Waals surface area contributed by atoms with E-state index >= 15 is 0 Å². The first-order chi connectivity index (χ1) is 8.56. The Morgan fingerprint density at radius 2 is 2.16 bits per heavy atom. The molecule has 5 nitrogen and oxygen atoms in total. The molecule has 0 spiro atoms. The van der Waals surface area contributed by atoms with E-state index in [1.807, 2.05) is 0 Å². The summed E-state index contributed by atoms with van der Waals surface area (Å²) in [5, 5.41) is 15.0. The van der Waals surface area contributed by atoms with Gasteiger partial charge in [-0.2, -0.15) is 0 Å². The van der Waals surface area contributed by atoms with Crippen LogP contribution in [0.15, 0.2) is 24.3 Å². The van der Waals surface area contributed by atoms with Crippen LogP contribution in [0.1, 0.15) is 23.7 Å². The summed E-state index contributed by atoms with van der Waals surface area (Å²) in [5.41, 5.74) is 1.16. The molecule has 2 unspecified atom stereocenters. The molecule has 1 saturated heterocycles. The molecule has 3 N–H and O–H groups in total. The van der Waals surface area contributed by atoms with Crippen molar-refractivity contribution in [2.75, 3.05) is 11.9 Å². The minimum atomic E-state index is -0.468. The van der Waals surface area contributed by atoms with E-state index in [9.17, 15) is 14.7 Å². The molecule has 0 bridgehead atoms. The van der Waals surface area contributed by atoms with Gasteiger partial charge in [0, 0.05) is 17.8 Å². The fourth-order valence-corrected chi connectivity index (χ4v) is 1.96. The molecular formula is C13H17ClN2O3. The number of hydrogen-bond donors (Lipinski definition) is 3. The predicted molar refractivity (Wildman–Crippen MR) is 74.7 cm³/mol. The van der Waals surface area contributed by atoms with Crippen molar-refractivity contribution in [3.05, 3.63) is 29.8 Å². The van der Waals surface area contributed by atoms with E-state index in [0.29, 0.717) is 24.2 Å². The van der Waals surface area contributed by atoms with Gasteiger partial charge in [-0.15, -0.1) is 12.4 Å². The van der Waals surface area contributed by atoms with Crippen LogP contribution < -0.4 is 10.6 Å². The minimum absolute atomic E-state index is 0. The van der Waals surface area contributed by atoms with Crippen molar-refractivity contribution in [3.8, 4) is 0 Å². The number of aliphatic hydroxyl groups is 1. The molecule has 1 aromatic rings. The monoisotopic (exact) mass is 284 g/mol. The number of halogens is 1. The van der Waals surface area contributed by atoms with Gasteiger partial charge >= 0.3 is 0 Å². The van der Waals surface area contributed by atoms with Crippen LogP contribution in [-0.2, 0) is 4.79 Å². The molecule has 1 fully saturated rings. The average molecular weight is 285 g/mol. The van der Waals surface area contributed by atoms with Gasteiger partial charge in [0.1, 0.15) is 0 Å². The molecule has 0 aromatic heterocycles. The number of benzene rings is 1. The van der Waals surface area contributed by atoms with Crippen LogP contribution in [0.3, 0.4) is 0 Å². The van der Waals surface area contributed by atoms with Crippen LogP contribution in [0.5, 0.6) is 0 Å². The quantitative estimate of drug-likeness (QED) is 0.723. The zero-order valence-corrected chi connectivity index (χ0v) is 11.4. The average Bonchev–Trinajstić information content (AvgIpc) is 2.76. The van der Waals surface area contributed by atoms with Crippen molar-refractivity contribution in [2.24, 2.45) is 0 Å². The van der Waals surface area contributed by atoms with Crippen molar-refractivity contribution in [1.82, 2.24) is 5.32 Å². The lowest BCUT2D eigenvalue weighted by Gasteiger charge is -2.11. The van der Waals surface area contributed by atoms with Gasteiger partial charge < -0.3 is 15.7 Å². The second-order valence-corrected chi connectivity index (χ2v) is 4.48. The predicted octanol–water partition coefficient (Wildman–Crippen LogP) is 0.972. The maximum absolute atomic E-state index is 11.9. The van der Waals surface area contributed by atoms with E-state index in [1.165, 1.54) is 6.92 Å². The normalized spacial score (nSPS) is 21.6. The third kappa shape index (κ3) is 4.02. The lowest BCUT2D eigenvalue weighted by molar-refractivity contribution is -0.117. The van der Waals surface area contributed by atoms with Crippen LogP contribution in [-0.4, -0.2) is 35.5 Å². The number of rotatable bonds is 3. The molecule has 1 aliphatic rings. The van der Waals surface area contributed by atoms with Gasteiger partial charge in [0.25, 0.3) is 0 Å². The highest BCUT2D eigenvalue weighted by Crippen LogP contribution is 2.13. The van der Waals surface area contributed by atoms with Crippen molar-refractivity contribution in [2.45, 2.75) is 25.5 Å². The zero-order chi connectivity index (χ0) is 13.1. The number of ketones is 1. The molecule has 0 aliphatic carbocycles. The van der Waals surface area contributed by atoms with Gasteiger partial charge in [-0.3, -0.25) is 9.59 Å². The molecule has 104 valence electrons. The molecule has 6 heteroatoms. The highest BCUT2D eigenvalue weighted by molar-refractivity contribution is 5.98. The number of carbonyl (C=O) groups is 2. The van der Waals surface area contributed by atoms with E-state index in [1.54, 1.807) is 24.3 Å². The maximum Gasteiger partial charge on any atom is 0.241 e. The fourth-order valence-electron chi connectivity index (χ4n) is 1.96. The third-order valence-corrected chi connectivity index (χ3v) is 2.96. The van der Waals surface area contributed by atoms with E-state index < -0.39 is 6.10 Å². The Bertz CT molecular complexity index is 479. The molecule has 0 saturated carbocycles. The Labute approximate surface area is 117 Å². The third-order valence-electron chi connectivity index (χ3n) is 2.96. The smallest absolute Gasteiger partial charge is 0.241 e. The fraction of sp³-hybridized carbons (Fsp3) is 0.385. The van der Waals surface area contributed by atoms with Crippen LogP contribution in [0.2, 0.25) is 0 Å². The number of anilines is 1. The van der Waals surface area contributed by atoms with Gasteiger partial charge in [-0.1, -0.05) is 12.1 Å². The number of carbonyl (C=O) groups excluding carboxylic acids is 2. The summed E-state index contributed by atoms with van der Waals surface area (Å²) in [6.07, 6.45) is -0.0533. The number of nitrogens with one attached hydrogen (secondary N) is 2. The van der Waals surface area contributed by atoms with Crippen molar-refractivity contribution in [1.29, 1.82) is 0 Å². The first-order valence-corrected chi connectivity index (χ1v) is 5.89. The SMILES string of the molecule is CC(=O)c1cccc(NC(=O)C2CC(O)CN2)c1.Cl. The van der Waals surface area contributed by atoms with Crippen molar-refractivity contribution < 1.29 is 14.7 Å². The van der Waals surface area contributed by atoms with Crippen molar-refractivity contribution in [3.63, 3.8) is 0 Å². The standard InChI is InChI=1S/C13H16N2O3.ClH/c1-8(16)9-3-2-4-10(5-9)15-13(18)12-6-11(17)7-14-12;/h2-5,11-12,14,17H,6-7H2,1H3,(H,15,18);1H.